The van der Waals surface area contributed by atoms with Gasteiger partial charge in [0, 0.05) is 10.9 Å². The van der Waals surface area contributed by atoms with Crippen molar-refractivity contribution in [1.82, 2.24) is 0 Å². The number of fused-ring (bicyclic) bond motifs is 3. The van der Waals surface area contributed by atoms with Crippen molar-refractivity contribution in [2.24, 2.45) is 4.99 Å². The molecule has 0 saturated heterocycles. The van der Waals surface area contributed by atoms with Crippen LogP contribution in [0.15, 0.2) is 64.0 Å². The molecule has 1 aromatic heterocycles. The first-order valence-corrected chi connectivity index (χ1v) is 7.15. The fourth-order valence-corrected chi connectivity index (χ4v) is 2.72. The predicted molar refractivity (Wildman–Crippen MR) is 89.4 cm³/mol. The van der Waals surface area contributed by atoms with Crippen LogP contribution in [0.1, 0.15) is 11.3 Å². The Kier molecular flexibility index (Phi) is 2.82. The van der Waals surface area contributed by atoms with Crippen molar-refractivity contribution in [1.29, 1.82) is 0 Å². The van der Waals surface area contributed by atoms with E-state index in [0.29, 0.717) is 11.5 Å². The van der Waals surface area contributed by atoms with Crippen molar-refractivity contribution in [3.05, 3.63) is 65.9 Å². The molecule has 0 radical (unpaired) electrons. The molecule has 4 heteroatoms. The number of thiocarbonyl (C=S) groups is 1. The number of benzene rings is 2. The van der Waals surface area contributed by atoms with Gasteiger partial charge in [0.25, 0.3) is 0 Å². The van der Waals surface area contributed by atoms with Crippen LogP contribution in [-0.2, 0) is 0 Å². The molecule has 0 spiro atoms. The summed E-state index contributed by atoms with van der Waals surface area (Å²) >= 11 is 5.34. The third kappa shape index (κ3) is 2.04. The second-order valence-electron chi connectivity index (χ2n) is 4.88. The molecular weight excluding hydrogens is 280 g/mol. The van der Waals surface area contributed by atoms with Crippen LogP contribution in [0.2, 0.25) is 0 Å². The van der Waals surface area contributed by atoms with Gasteiger partial charge in [-0.25, -0.2) is 0 Å². The Morgan fingerprint density at radius 1 is 1.00 bits per heavy atom. The van der Waals surface area contributed by atoms with Crippen molar-refractivity contribution in [3.63, 3.8) is 0 Å². The zero-order chi connectivity index (χ0) is 14.2. The molecule has 0 fully saturated rings. The molecule has 0 amide bonds. The molecule has 0 aliphatic carbocycles. The topological polar surface area (TPSA) is 37.5 Å². The Morgan fingerprint density at radius 3 is 2.62 bits per heavy atom. The van der Waals surface area contributed by atoms with Gasteiger partial charge in [-0.1, -0.05) is 54.7 Å². The van der Waals surface area contributed by atoms with Crippen LogP contribution in [0.4, 0.5) is 5.69 Å². The van der Waals surface area contributed by atoms with E-state index in [1.54, 1.807) is 0 Å². The van der Waals surface area contributed by atoms with Gasteiger partial charge in [0.1, 0.15) is 16.3 Å². The molecule has 1 aliphatic heterocycles. The highest BCUT2D eigenvalue weighted by atomic mass is 32.1. The van der Waals surface area contributed by atoms with E-state index >= 15 is 0 Å². The van der Waals surface area contributed by atoms with E-state index in [1.807, 2.05) is 54.6 Å². The van der Waals surface area contributed by atoms with Crippen molar-refractivity contribution in [3.8, 4) is 0 Å². The summed E-state index contributed by atoms with van der Waals surface area (Å²) in [4.78, 5) is 5.33. The number of aliphatic imine (C=N–C) groups is 1. The number of furan rings is 1. The van der Waals surface area contributed by atoms with Gasteiger partial charge in [-0.3, -0.25) is 4.99 Å². The number of para-hydroxylation sites is 1. The summed E-state index contributed by atoms with van der Waals surface area (Å²) in [5, 5.41) is 4.30. The number of hydrogen-bond acceptors (Lipinski definition) is 3. The number of rotatable bonds is 1. The van der Waals surface area contributed by atoms with Crippen LogP contribution >= 0.6 is 12.2 Å². The summed E-state index contributed by atoms with van der Waals surface area (Å²) in [5.41, 5.74) is 3.62. The summed E-state index contributed by atoms with van der Waals surface area (Å²) < 4.78 is 6.03. The zero-order valence-electron chi connectivity index (χ0n) is 11.2. The summed E-state index contributed by atoms with van der Waals surface area (Å²) in [6.45, 7) is 0.470. The molecule has 3 aromatic rings. The lowest BCUT2D eigenvalue weighted by molar-refractivity contribution is 0.607. The average molecular weight is 292 g/mol. The first kappa shape index (κ1) is 12.3. The van der Waals surface area contributed by atoms with E-state index in [4.69, 9.17) is 16.6 Å². The Labute approximate surface area is 127 Å². The van der Waals surface area contributed by atoms with E-state index in [9.17, 15) is 0 Å². The highest BCUT2D eigenvalue weighted by Gasteiger charge is 2.23. The zero-order valence-corrected chi connectivity index (χ0v) is 12.0. The van der Waals surface area contributed by atoms with E-state index < -0.39 is 0 Å². The molecule has 2 heterocycles. The van der Waals surface area contributed by atoms with Gasteiger partial charge in [-0.15, -0.1) is 0 Å². The molecule has 4 rings (SSSR count). The molecule has 0 saturated carbocycles. The lowest BCUT2D eigenvalue weighted by atomic mass is 10.1. The second-order valence-corrected chi connectivity index (χ2v) is 5.37. The van der Waals surface area contributed by atoms with Crippen molar-refractivity contribution < 1.29 is 4.42 Å². The quantitative estimate of drug-likeness (QED) is 0.688. The molecule has 0 bridgehead atoms. The predicted octanol–water partition coefficient (Wildman–Crippen LogP) is 4.02. The Bertz CT molecular complexity index is 865. The maximum Gasteiger partial charge on any atom is 0.177 e. The average Bonchev–Trinajstić information content (AvgIpc) is 2.79. The molecular formula is C17H12N2OS. The third-order valence-electron chi connectivity index (χ3n) is 3.50. The molecule has 102 valence electrons. The smallest absolute Gasteiger partial charge is 0.177 e. The van der Waals surface area contributed by atoms with Crippen LogP contribution in [0, 0.1) is 0 Å². The minimum atomic E-state index is 0.470. The second kappa shape index (κ2) is 4.82. The molecule has 0 unspecified atom stereocenters. The third-order valence-corrected chi connectivity index (χ3v) is 3.73. The van der Waals surface area contributed by atoms with E-state index in [-0.39, 0.29) is 0 Å². The fourth-order valence-electron chi connectivity index (χ4n) is 2.56. The highest BCUT2D eigenvalue weighted by Crippen LogP contribution is 2.33. The van der Waals surface area contributed by atoms with Crippen LogP contribution in [0.5, 0.6) is 0 Å². The molecule has 0 atom stereocenters. The number of anilines is 1. The summed E-state index contributed by atoms with van der Waals surface area (Å²) in [7, 11) is 0. The van der Waals surface area contributed by atoms with Crippen LogP contribution in [0.3, 0.4) is 0 Å². The summed E-state index contributed by atoms with van der Waals surface area (Å²) in [6.07, 6.45) is 0. The number of hydrogen-bond donors (Lipinski definition) is 1. The van der Waals surface area contributed by atoms with E-state index in [1.165, 1.54) is 0 Å². The van der Waals surface area contributed by atoms with Gasteiger partial charge in [0.2, 0.25) is 0 Å². The lowest BCUT2D eigenvalue weighted by Crippen LogP contribution is -2.10. The van der Waals surface area contributed by atoms with Crippen molar-refractivity contribution in [2.75, 3.05) is 11.9 Å². The van der Waals surface area contributed by atoms with Gasteiger partial charge in [-0.2, -0.15) is 0 Å². The highest BCUT2D eigenvalue weighted by molar-refractivity contribution is 7.80. The minimum absolute atomic E-state index is 0.470. The Hall–Kier alpha value is -2.46. The van der Waals surface area contributed by atoms with Gasteiger partial charge in [0.05, 0.1) is 12.2 Å². The standard InChI is InChI=1S/C17H12N2OS/c21-14-10-18-15(11-6-2-1-3-7-11)17-16(19-14)12-8-4-5-9-13(12)20-17/h1-9H,10H2,(H,19,21). The van der Waals surface area contributed by atoms with Gasteiger partial charge in [-0.05, 0) is 12.1 Å². The molecule has 1 N–H and O–H groups in total. The van der Waals surface area contributed by atoms with E-state index in [2.05, 4.69) is 10.3 Å². The van der Waals surface area contributed by atoms with Crippen molar-refractivity contribution in [2.45, 2.75) is 0 Å². The van der Waals surface area contributed by atoms with Gasteiger partial charge >= 0.3 is 0 Å². The Morgan fingerprint density at radius 2 is 1.76 bits per heavy atom. The summed E-state index contributed by atoms with van der Waals surface area (Å²) in [6, 6.07) is 18.0. The molecule has 3 nitrogen and oxygen atoms in total. The van der Waals surface area contributed by atoms with Crippen LogP contribution in [0.25, 0.3) is 11.0 Å². The van der Waals surface area contributed by atoms with Gasteiger partial charge < -0.3 is 9.73 Å². The van der Waals surface area contributed by atoms with Crippen LogP contribution < -0.4 is 5.32 Å². The van der Waals surface area contributed by atoms with Crippen molar-refractivity contribution >= 4 is 39.6 Å². The number of nitrogens with one attached hydrogen (secondary N) is 1. The summed E-state index contributed by atoms with van der Waals surface area (Å²) in [5.74, 6) is 0.752. The van der Waals surface area contributed by atoms with Gasteiger partial charge in [0.15, 0.2) is 5.76 Å². The fraction of sp³-hybridized carbons (Fsp3) is 0.0588. The molecule has 1 aliphatic rings. The van der Waals surface area contributed by atoms with E-state index in [0.717, 1.165) is 33.7 Å². The molecule has 2 aromatic carbocycles. The maximum absolute atomic E-state index is 6.03. The normalized spacial score (nSPS) is 14.3. The lowest BCUT2D eigenvalue weighted by Gasteiger charge is -2.03. The van der Waals surface area contributed by atoms with Crippen LogP contribution in [-0.4, -0.2) is 17.2 Å². The monoisotopic (exact) mass is 292 g/mol. The first-order chi connectivity index (χ1) is 10.3. The number of nitrogens with zero attached hydrogens (tertiary/aromatic N) is 1. The minimum Gasteiger partial charge on any atom is -0.452 e. The molecule has 21 heavy (non-hydrogen) atoms. The maximum atomic E-state index is 6.03. The first-order valence-electron chi connectivity index (χ1n) is 6.74. The SMILES string of the molecule is S=C1CN=C(c2ccccc2)c2oc3ccccc3c2N1. The Balaban J connectivity index is 2.00. The largest absolute Gasteiger partial charge is 0.452 e.